The lowest BCUT2D eigenvalue weighted by atomic mass is 10.0. The summed E-state index contributed by atoms with van der Waals surface area (Å²) in [5.41, 5.74) is 4.99. The zero-order valence-electron chi connectivity index (χ0n) is 32.5. The Morgan fingerprint density at radius 1 is 0.821 bits per heavy atom. The van der Waals surface area contributed by atoms with Crippen LogP contribution in [-0.2, 0) is 19.1 Å². The number of carbonyl (C=O) groups excluding carboxylic acids is 5. The van der Waals surface area contributed by atoms with Gasteiger partial charge >= 0.3 is 12.1 Å². The number of urea groups is 1. The van der Waals surface area contributed by atoms with Crippen LogP contribution in [-0.4, -0.2) is 101 Å². The third-order valence-corrected chi connectivity index (χ3v) is 10.5. The Balaban J connectivity index is 1.04. The topological polar surface area (TPSA) is 169 Å². The number of likely N-dealkylation sites (tertiary alicyclic amines) is 2. The van der Waals surface area contributed by atoms with E-state index in [4.69, 9.17) is 4.74 Å². The van der Waals surface area contributed by atoms with Crippen LogP contribution in [0.4, 0.5) is 15.3 Å². The Morgan fingerprint density at radius 2 is 1.45 bits per heavy atom. The number of likely N-dealkylation sites (N-methyl/N-ethyl adjacent to an activating group) is 1. The monoisotopic (exact) mass is 762 g/mol. The number of aromatic nitrogens is 2. The molecule has 56 heavy (non-hydrogen) atoms. The molecule has 0 radical (unpaired) electrons. The zero-order valence-corrected chi connectivity index (χ0v) is 32.5. The van der Waals surface area contributed by atoms with Crippen LogP contribution < -0.4 is 16.0 Å². The van der Waals surface area contributed by atoms with Gasteiger partial charge in [-0.05, 0) is 80.1 Å². The third kappa shape index (κ3) is 8.92. The van der Waals surface area contributed by atoms with Crippen LogP contribution in [0, 0.1) is 5.92 Å². The van der Waals surface area contributed by atoms with Crippen molar-refractivity contribution in [2.75, 3.05) is 39.6 Å². The SMILES string of the molecule is COC(=O)N[C@H](C(=O)N1CCC[C@H]1c1ncc(-c2ccc(-c3ccc(NC(=O)NC(=O)[C@@H]4CCCN4C(=O)[C@@H](c4ccccc4)N(C)C)cc3)cc2)[nH]1)C(C)C. The number of carbonyl (C=O) groups is 5. The second-order valence-corrected chi connectivity index (χ2v) is 14.8. The summed E-state index contributed by atoms with van der Waals surface area (Å²) in [6, 6.07) is 21.8. The van der Waals surface area contributed by atoms with Crippen molar-refractivity contribution in [2.24, 2.45) is 5.92 Å². The molecule has 3 heterocycles. The Bertz CT molecular complexity index is 2010. The highest BCUT2D eigenvalue weighted by Crippen LogP contribution is 2.33. The summed E-state index contributed by atoms with van der Waals surface area (Å²) in [7, 11) is 4.95. The molecule has 14 nitrogen and oxygen atoms in total. The molecule has 2 aliphatic rings. The van der Waals surface area contributed by atoms with E-state index in [9.17, 15) is 24.0 Å². The van der Waals surface area contributed by atoms with E-state index in [0.29, 0.717) is 37.4 Å². The average molecular weight is 763 g/mol. The summed E-state index contributed by atoms with van der Waals surface area (Å²) in [4.78, 5) is 78.4. The Labute approximate surface area is 327 Å². The van der Waals surface area contributed by atoms with Crippen molar-refractivity contribution in [3.05, 3.63) is 96.4 Å². The van der Waals surface area contributed by atoms with Gasteiger partial charge in [0.15, 0.2) is 0 Å². The number of imide groups is 1. The third-order valence-electron chi connectivity index (χ3n) is 10.5. The van der Waals surface area contributed by atoms with Gasteiger partial charge in [0, 0.05) is 18.8 Å². The molecule has 0 aliphatic carbocycles. The van der Waals surface area contributed by atoms with E-state index in [1.165, 1.54) is 7.11 Å². The molecule has 14 heteroatoms. The number of aromatic amines is 1. The molecule has 3 aromatic carbocycles. The first-order valence-corrected chi connectivity index (χ1v) is 19.0. The zero-order chi connectivity index (χ0) is 39.9. The minimum Gasteiger partial charge on any atom is -0.453 e. The van der Waals surface area contributed by atoms with Crippen molar-refractivity contribution < 1.29 is 28.7 Å². The van der Waals surface area contributed by atoms with E-state index in [-0.39, 0.29) is 23.8 Å². The molecular weight excluding hydrogens is 713 g/mol. The number of methoxy groups -OCH3 is 1. The molecular formula is C42H50N8O6. The number of nitrogens with one attached hydrogen (secondary N) is 4. The van der Waals surface area contributed by atoms with Gasteiger partial charge < -0.3 is 30.2 Å². The van der Waals surface area contributed by atoms with E-state index in [1.54, 1.807) is 28.1 Å². The summed E-state index contributed by atoms with van der Waals surface area (Å²) in [6.45, 7) is 4.79. The highest BCUT2D eigenvalue weighted by atomic mass is 16.5. The van der Waals surface area contributed by atoms with Crippen molar-refractivity contribution in [3.8, 4) is 22.4 Å². The highest BCUT2D eigenvalue weighted by Gasteiger charge is 2.39. The minimum atomic E-state index is -0.737. The standard InChI is InChI=1S/C42H50N8O6/c1-26(2)35(46-42(55)56-5)39(52)49-23-9-13-33(49)37-43-25-32(45-37)29-17-15-27(16-18-29)28-19-21-31(22-20-28)44-41(54)47-38(51)34-14-10-24-50(34)40(53)36(48(3)4)30-11-7-6-8-12-30/h6-8,11-12,15-22,25-26,33-36H,9-10,13-14,23-24H2,1-5H3,(H,43,45)(H,46,55)(H2,44,47,51,54)/t33-,34-,35-,36+/m0/s1. The fourth-order valence-electron chi connectivity index (χ4n) is 7.55. The largest absolute Gasteiger partial charge is 0.453 e. The van der Waals surface area contributed by atoms with E-state index in [2.05, 4.69) is 25.9 Å². The first-order valence-electron chi connectivity index (χ1n) is 19.0. The molecule has 4 atom stereocenters. The number of benzene rings is 3. The van der Waals surface area contributed by atoms with Crippen LogP contribution in [0.3, 0.4) is 0 Å². The second-order valence-electron chi connectivity index (χ2n) is 14.8. The number of nitrogens with zero attached hydrogens (tertiary/aromatic N) is 4. The highest BCUT2D eigenvalue weighted by molar-refractivity contribution is 6.04. The number of H-pyrrole nitrogens is 1. The molecule has 2 aliphatic heterocycles. The van der Waals surface area contributed by atoms with Gasteiger partial charge in [-0.15, -0.1) is 0 Å². The van der Waals surface area contributed by atoms with Gasteiger partial charge in [-0.2, -0.15) is 0 Å². The van der Waals surface area contributed by atoms with E-state index >= 15 is 0 Å². The fraction of sp³-hybridized carbons (Fsp3) is 0.381. The number of hydrogen-bond acceptors (Lipinski definition) is 8. The van der Waals surface area contributed by atoms with Crippen LogP contribution in [0.2, 0.25) is 0 Å². The molecule has 2 fully saturated rings. The number of alkyl carbamates (subject to hydrolysis) is 1. The summed E-state index contributed by atoms with van der Waals surface area (Å²) in [5.74, 6) is -0.270. The maximum Gasteiger partial charge on any atom is 0.407 e. The van der Waals surface area contributed by atoms with Crippen molar-refractivity contribution in [3.63, 3.8) is 0 Å². The number of ether oxygens (including phenoxy) is 1. The number of hydrogen-bond donors (Lipinski definition) is 4. The van der Waals surface area contributed by atoms with Crippen LogP contribution in [0.5, 0.6) is 0 Å². The van der Waals surface area contributed by atoms with Crippen LogP contribution in [0.15, 0.2) is 85.1 Å². The van der Waals surface area contributed by atoms with Gasteiger partial charge in [-0.25, -0.2) is 14.6 Å². The van der Waals surface area contributed by atoms with E-state index < -0.39 is 36.2 Å². The molecule has 6 amide bonds. The number of imidazole rings is 1. The van der Waals surface area contributed by atoms with Gasteiger partial charge in [0.1, 0.15) is 23.9 Å². The molecule has 2 saturated heterocycles. The summed E-state index contributed by atoms with van der Waals surface area (Å²) in [5, 5.41) is 7.84. The quantitative estimate of drug-likeness (QED) is 0.150. The number of anilines is 1. The predicted octanol–water partition coefficient (Wildman–Crippen LogP) is 5.73. The maximum absolute atomic E-state index is 13.6. The molecule has 0 unspecified atom stereocenters. The molecule has 4 aromatic rings. The fourth-order valence-corrected chi connectivity index (χ4v) is 7.55. The molecule has 0 saturated carbocycles. The first-order chi connectivity index (χ1) is 26.9. The maximum atomic E-state index is 13.6. The second kappa shape index (κ2) is 17.6. The molecule has 1 aromatic heterocycles. The van der Waals surface area contributed by atoms with Crippen LogP contribution in [0.25, 0.3) is 22.4 Å². The summed E-state index contributed by atoms with van der Waals surface area (Å²) >= 11 is 0. The van der Waals surface area contributed by atoms with Gasteiger partial charge in [0.2, 0.25) is 11.8 Å². The Kier molecular flexibility index (Phi) is 12.5. The molecule has 4 N–H and O–H groups in total. The Morgan fingerprint density at radius 3 is 2.09 bits per heavy atom. The van der Waals surface area contributed by atoms with E-state index in [1.807, 2.05) is 99.6 Å². The van der Waals surface area contributed by atoms with Gasteiger partial charge in [0.25, 0.3) is 5.91 Å². The van der Waals surface area contributed by atoms with Gasteiger partial charge in [-0.3, -0.25) is 24.6 Å². The van der Waals surface area contributed by atoms with Crippen LogP contribution >= 0.6 is 0 Å². The lowest BCUT2D eigenvalue weighted by Gasteiger charge is -2.31. The van der Waals surface area contributed by atoms with E-state index in [0.717, 1.165) is 40.8 Å². The van der Waals surface area contributed by atoms with Crippen molar-refractivity contribution in [1.29, 1.82) is 0 Å². The summed E-state index contributed by atoms with van der Waals surface area (Å²) in [6.07, 6.45) is 3.87. The lowest BCUT2D eigenvalue weighted by molar-refractivity contribution is -0.142. The average Bonchev–Trinajstić information content (AvgIpc) is 3.99. The number of amides is 6. The molecule has 294 valence electrons. The van der Waals surface area contributed by atoms with Crippen LogP contribution in [0.1, 0.15) is 63.0 Å². The Hall–Kier alpha value is -6.02. The van der Waals surface area contributed by atoms with Crippen molar-refractivity contribution >= 4 is 35.5 Å². The van der Waals surface area contributed by atoms with Crippen molar-refractivity contribution in [1.82, 2.24) is 35.3 Å². The van der Waals surface area contributed by atoms with Crippen molar-refractivity contribution in [2.45, 2.75) is 63.7 Å². The lowest BCUT2D eigenvalue weighted by Crippen LogP contribution is -2.51. The van der Waals surface area contributed by atoms with Gasteiger partial charge in [0.05, 0.1) is 25.0 Å². The van der Waals surface area contributed by atoms with Gasteiger partial charge in [-0.1, -0.05) is 80.6 Å². The first kappa shape index (κ1) is 39.7. The normalized spacial score (nSPS) is 17.8. The summed E-state index contributed by atoms with van der Waals surface area (Å²) < 4.78 is 4.74. The molecule has 0 bridgehead atoms. The molecule has 6 rings (SSSR count). The molecule has 0 spiro atoms. The minimum absolute atomic E-state index is 0.119. The smallest absolute Gasteiger partial charge is 0.407 e. The predicted molar refractivity (Wildman–Crippen MR) is 212 cm³/mol. The number of rotatable bonds is 11.